The number of nitrogens with one attached hydrogen (secondary N) is 2. The highest BCUT2D eigenvalue weighted by Crippen LogP contribution is 2.11. The lowest BCUT2D eigenvalue weighted by Gasteiger charge is -2.13. The summed E-state index contributed by atoms with van der Waals surface area (Å²) in [5, 5.41) is 6.79. The molecule has 128 valence electrons. The summed E-state index contributed by atoms with van der Waals surface area (Å²) in [6.45, 7) is 6.51. The first-order chi connectivity index (χ1) is 11.5. The SMILES string of the molecule is CCC(C)Nc1nc(C)cc(C(=O)NCCc2cccc(Cl)c2)n1. The zero-order valence-electron chi connectivity index (χ0n) is 14.3. The maximum atomic E-state index is 12.3. The van der Waals surface area contributed by atoms with Crippen molar-refractivity contribution in [3.05, 3.63) is 52.3 Å². The van der Waals surface area contributed by atoms with Gasteiger partial charge in [-0.3, -0.25) is 4.79 Å². The van der Waals surface area contributed by atoms with Gasteiger partial charge in [0.05, 0.1) is 0 Å². The number of benzene rings is 1. The smallest absolute Gasteiger partial charge is 0.270 e. The highest BCUT2D eigenvalue weighted by atomic mass is 35.5. The molecule has 0 bridgehead atoms. The van der Waals surface area contributed by atoms with Crippen LogP contribution in [0.4, 0.5) is 5.95 Å². The van der Waals surface area contributed by atoms with Crippen LogP contribution in [0.25, 0.3) is 0 Å². The van der Waals surface area contributed by atoms with Crippen molar-refractivity contribution in [2.24, 2.45) is 0 Å². The molecule has 5 nitrogen and oxygen atoms in total. The number of hydrogen-bond donors (Lipinski definition) is 2. The first kappa shape index (κ1) is 18.2. The lowest BCUT2D eigenvalue weighted by Crippen LogP contribution is -2.27. The molecule has 0 spiro atoms. The molecule has 2 N–H and O–H groups in total. The quantitative estimate of drug-likeness (QED) is 0.803. The first-order valence-corrected chi connectivity index (χ1v) is 8.50. The Morgan fingerprint density at radius 1 is 1.29 bits per heavy atom. The zero-order valence-corrected chi connectivity index (χ0v) is 15.0. The molecule has 6 heteroatoms. The maximum Gasteiger partial charge on any atom is 0.270 e. The minimum atomic E-state index is -0.199. The molecule has 1 heterocycles. The average Bonchev–Trinajstić information content (AvgIpc) is 2.54. The Morgan fingerprint density at radius 2 is 2.08 bits per heavy atom. The van der Waals surface area contributed by atoms with E-state index in [-0.39, 0.29) is 11.9 Å². The van der Waals surface area contributed by atoms with E-state index in [9.17, 15) is 4.79 Å². The van der Waals surface area contributed by atoms with Gasteiger partial charge in [-0.2, -0.15) is 0 Å². The van der Waals surface area contributed by atoms with Crippen molar-refractivity contribution in [3.8, 4) is 0 Å². The van der Waals surface area contributed by atoms with Crippen LogP contribution in [0, 0.1) is 6.92 Å². The van der Waals surface area contributed by atoms with Crippen LogP contribution in [-0.4, -0.2) is 28.5 Å². The Kier molecular flexibility index (Phi) is 6.55. The third kappa shape index (κ3) is 5.49. The number of carbonyl (C=O) groups excluding carboxylic acids is 1. The lowest BCUT2D eigenvalue weighted by molar-refractivity contribution is 0.0949. The van der Waals surface area contributed by atoms with Crippen LogP contribution in [-0.2, 0) is 6.42 Å². The van der Waals surface area contributed by atoms with Gasteiger partial charge in [0.25, 0.3) is 5.91 Å². The number of halogens is 1. The van der Waals surface area contributed by atoms with E-state index in [1.807, 2.05) is 31.2 Å². The summed E-state index contributed by atoms with van der Waals surface area (Å²) in [5.41, 5.74) is 2.22. The molecule has 2 aromatic rings. The number of nitrogens with zero attached hydrogens (tertiary/aromatic N) is 2. The van der Waals surface area contributed by atoms with E-state index in [4.69, 9.17) is 11.6 Å². The molecular formula is C18H23ClN4O. The van der Waals surface area contributed by atoms with Gasteiger partial charge in [-0.25, -0.2) is 9.97 Å². The summed E-state index contributed by atoms with van der Waals surface area (Å²) in [7, 11) is 0. The van der Waals surface area contributed by atoms with Crippen LogP contribution in [0.15, 0.2) is 30.3 Å². The number of carbonyl (C=O) groups is 1. The van der Waals surface area contributed by atoms with E-state index in [1.165, 1.54) is 0 Å². The molecule has 0 aliphatic carbocycles. The molecule has 0 fully saturated rings. The summed E-state index contributed by atoms with van der Waals surface area (Å²) < 4.78 is 0. The van der Waals surface area contributed by atoms with Crippen LogP contribution < -0.4 is 10.6 Å². The van der Waals surface area contributed by atoms with E-state index >= 15 is 0 Å². The van der Waals surface area contributed by atoms with Gasteiger partial charge in [-0.1, -0.05) is 30.7 Å². The molecule has 24 heavy (non-hydrogen) atoms. The average molecular weight is 347 g/mol. The summed E-state index contributed by atoms with van der Waals surface area (Å²) in [6.07, 6.45) is 1.67. The molecule has 0 radical (unpaired) electrons. The Morgan fingerprint density at radius 3 is 2.79 bits per heavy atom. The first-order valence-electron chi connectivity index (χ1n) is 8.12. The maximum absolute atomic E-state index is 12.3. The molecule has 0 saturated heterocycles. The van der Waals surface area contributed by atoms with Crippen LogP contribution in [0.2, 0.25) is 5.02 Å². The van der Waals surface area contributed by atoms with Gasteiger partial charge < -0.3 is 10.6 Å². The fraction of sp³-hybridized carbons (Fsp3) is 0.389. The van der Waals surface area contributed by atoms with E-state index < -0.39 is 0 Å². The Hall–Kier alpha value is -2.14. The second-order valence-electron chi connectivity index (χ2n) is 5.81. The fourth-order valence-corrected chi connectivity index (χ4v) is 2.39. The zero-order chi connectivity index (χ0) is 17.5. The highest BCUT2D eigenvalue weighted by molar-refractivity contribution is 6.30. The minimum Gasteiger partial charge on any atom is -0.352 e. The van der Waals surface area contributed by atoms with Gasteiger partial charge in [0.1, 0.15) is 5.69 Å². The number of aromatic nitrogens is 2. The number of rotatable bonds is 7. The predicted molar refractivity (Wildman–Crippen MR) is 97.6 cm³/mol. The second-order valence-corrected chi connectivity index (χ2v) is 6.24. The molecule has 1 aromatic heterocycles. The van der Waals surface area contributed by atoms with Crippen LogP contribution in [0.3, 0.4) is 0 Å². The van der Waals surface area contributed by atoms with Gasteiger partial charge in [-0.05, 0) is 50.5 Å². The van der Waals surface area contributed by atoms with Crippen molar-refractivity contribution in [1.82, 2.24) is 15.3 Å². The standard InChI is InChI=1S/C18H23ClN4O/c1-4-12(2)21-18-22-13(3)10-16(23-18)17(24)20-9-8-14-6-5-7-15(19)11-14/h5-7,10-12H,4,8-9H2,1-3H3,(H,20,24)(H,21,22,23). The van der Waals surface area contributed by atoms with Crippen molar-refractivity contribution in [1.29, 1.82) is 0 Å². The van der Waals surface area contributed by atoms with Gasteiger partial charge >= 0.3 is 0 Å². The molecule has 0 aliphatic heterocycles. The van der Waals surface area contributed by atoms with E-state index in [2.05, 4.69) is 34.4 Å². The van der Waals surface area contributed by atoms with E-state index in [0.717, 1.165) is 17.7 Å². The topological polar surface area (TPSA) is 66.9 Å². The number of anilines is 1. The molecule has 1 amide bonds. The van der Waals surface area contributed by atoms with Crippen molar-refractivity contribution in [2.45, 2.75) is 39.7 Å². The number of aryl methyl sites for hydroxylation is 1. The molecule has 1 unspecified atom stereocenters. The normalized spacial score (nSPS) is 11.8. The molecule has 2 rings (SSSR count). The summed E-state index contributed by atoms with van der Waals surface area (Å²) in [6, 6.07) is 9.57. The van der Waals surface area contributed by atoms with Crippen LogP contribution in [0.1, 0.15) is 42.0 Å². The van der Waals surface area contributed by atoms with E-state index in [0.29, 0.717) is 29.6 Å². The number of amides is 1. The summed E-state index contributed by atoms with van der Waals surface area (Å²) >= 11 is 5.96. The fourth-order valence-electron chi connectivity index (χ4n) is 2.18. The molecule has 0 saturated carbocycles. The van der Waals surface area contributed by atoms with Crippen molar-refractivity contribution in [3.63, 3.8) is 0 Å². The van der Waals surface area contributed by atoms with Gasteiger partial charge in [0, 0.05) is 23.3 Å². The van der Waals surface area contributed by atoms with Crippen LogP contribution in [0.5, 0.6) is 0 Å². The van der Waals surface area contributed by atoms with Crippen molar-refractivity contribution >= 4 is 23.5 Å². The van der Waals surface area contributed by atoms with Crippen molar-refractivity contribution < 1.29 is 4.79 Å². The number of hydrogen-bond acceptors (Lipinski definition) is 4. The van der Waals surface area contributed by atoms with Crippen LogP contribution >= 0.6 is 11.6 Å². The van der Waals surface area contributed by atoms with Gasteiger partial charge in [0.2, 0.25) is 5.95 Å². The molecular weight excluding hydrogens is 324 g/mol. The van der Waals surface area contributed by atoms with Gasteiger partial charge in [-0.15, -0.1) is 0 Å². The van der Waals surface area contributed by atoms with Crippen molar-refractivity contribution in [2.75, 3.05) is 11.9 Å². The van der Waals surface area contributed by atoms with E-state index in [1.54, 1.807) is 6.07 Å². The lowest BCUT2D eigenvalue weighted by atomic mass is 10.1. The highest BCUT2D eigenvalue weighted by Gasteiger charge is 2.11. The third-order valence-corrected chi connectivity index (χ3v) is 3.90. The minimum absolute atomic E-state index is 0.199. The third-order valence-electron chi connectivity index (χ3n) is 3.66. The summed E-state index contributed by atoms with van der Waals surface area (Å²) in [5.74, 6) is 0.291. The Labute approximate surface area is 147 Å². The Balaban J connectivity index is 1.96. The monoisotopic (exact) mass is 346 g/mol. The summed E-state index contributed by atoms with van der Waals surface area (Å²) in [4.78, 5) is 20.9. The second kappa shape index (κ2) is 8.64. The molecule has 1 atom stereocenters. The Bertz CT molecular complexity index is 705. The largest absolute Gasteiger partial charge is 0.352 e. The predicted octanol–water partition coefficient (Wildman–Crippen LogP) is 3.62. The molecule has 0 aliphatic rings. The molecule has 1 aromatic carbocycles. The van der Waals surface area contributed by atoms with Gasteiger partial charge in [0.15, 0.2) is 0 Å².